The van der Waals surface area contributed by atoms with Crippen LogP contribution < -0.4 is 0 Å². The molecule has 0 saturated heterocycles. The lowest BCUT2D eigenvalue weighted by Crippen LogP contribution is -2.03. The lowest BCUT2D eigenvalue weighted by molar-refractivity contribution is -0.137. The Kier molecular flexibility index (Phi) is 4.66. The van der Waals surface area contributed by atoms with Gasteiger partial charge in [-0.25, -0.2) is 9.78 Å². The average Bonchev–Trinajstić information content (AvgIpc) is 3.25. The van der Waals surface area contributed by atoms with E-state index in [0.29, 0.717) is 17.1 Å². The van der Waals surface area contributed by atoms with Crippen LogP contribution in [-0.4, -0.2) is 20.6 Å². The predicted octanol–water partition coefficient (Wildman–Crippen LogP) is 5.84. The van der Waals surface area contributed by atoms with Crippen molar-refractivity contribution in [2.24, 2.45) is 0 Å². The van der Waals surface area contributed by atoms with Crippen molar-refractivity contribution >= 4 is 28.2 Å². The van der Waals surface area contributed by atoms with E-state index in [9.17, 15) is 23.1 Å². The SMILES string of the molecule is Cc1nc(-c2ccc(C(F)(F)F)cc2)sc1Cn1ccc2ccc(C(=O)O)cc21. The van der Waals surface area contributed by atoms with E-state index in [1.165, 1.54) is 23.5 Å². The largest absolute Gasteiger partial charge is 0.478 e. The van der Waals surface area contributed by atoms with Crippen LogP contribution in [0.4, 0.5) is 13.2 Å². The van der Waals surface area contributed by atoms with Gasteiger partial charge in [-0.3, -0.25) is 0 Å². The first-order valence-electron chi connectivity index (χ1n) is 8.68. The number of carbonyl (C=O) groups is 1. The first-order chi connectivity index (χ1) is 13.7. The summed E-state index contributed by atoms with van der Waals surface area (Å²) in [6.07, 6.45) is -2.49. The molecule has 0 amide bonds. The zero-order chi connectivity index (χ0) is 20.8. The normalized spacial score (nSPS) is 11.9. The third kappa shape index (κ3) is 3.75. The standard InChI is InChI=1S/C21H15F3N2O2S/c1-12-18(11-26-9-8-13-2-3-15(20(27)28)10-17(13)26)29-19(25-12)14-4-6-16(7-5-14)21(22,23)24/h2-10H,11H2,1H3,(H,27,28). The fourth-order valence-electron chi connectivity index (χ4n) is 3.11. The van der Waals surface area contributed by atoms with Gasteiger partial charge >= 0.3 is 12.1 Å². The molecular weight excluding hydrogens is 401 g/mol. The monoisotopic (exact) mass is 416 g/mol. The van der Waals surface area contributed by atoms with Gasteiger partial charge in [0.15, 0.2) is 0 Å². The van der Waals surface area contributed by atoms with Crippen LogP contribution >= 0.6 is 11.3 Å². The molecule has 4 aromatic rings. The van der Waals surface area contributed by atoms with Crippen LogP contribution in [-0.2, 0) is 12.7 Å². The average molecular weight is 416 g/mol. The molecule has 1 N–H and O–H groups in total. The maximum Gasteiger partial charge on any atom is 0.416 e. The van der Waals surface area contributed by atoms with Gasteiger partial charge in [0.2, 0.25) is 0 Å². The minimum Gasteiger partial charge on any atom is -0.478 e. The fourth-order valence-corrected chi connectivity index (χ4v) is 4.18. The van der Waals surface area contributed by atoms with E-state index in [4.69, 9.17) is 0 Å². The number of aryl methyl sites for hydroxylation is 1. The second-order valence-electron chi connectivity index (χ2n) is 6.63. The van der Waals surface area contributed by atoms with Crippen molar-refractivity contribution in [3.05, 3.63) is 76.4 Å². The number of aromatic nitrogens is 2. The first-order valence-corrected chi connectivity index (χ1v) is 9.50. The summed E-state index contributed by atoms with van der Waals surface area (Å²) in [6.45, 7) is 2.35. The summed E-state index contributed by atoms with van der Waals surface area (Å²) in [5, 5.41) is 10.8. The Morgan fingerprint density at radius 2 is 1.86 bits per heavy atom. The highest BCUT2D eigenvalue weighted by molar-refractivity contribution is 7.15. The molecule has 0 spiro atoms. The molecule has 29 heavy (non-hydrogen) atoms. The maximum atomic E-state index is 12.8. The number of carboxylic acid groups (broad SMARTS) is 1. The summed E-state index contributed by atoms with van der Waals surface area (Å²) in [7, 11) is 0. The van der Waals surface area contributed by atoms with Gasteiger partial charge in [-0.2, -0.15) is 13.2 Å². The minimum atomic E-state index is -4.37. The Hall–Kier alpha value is -3.13. The highest BCUT2D eigenvalue weighted by atomic mass is 32.1. The van der Waals surface area contributed by atoms with E-state index in [1.54, 1.807) is 18.2 Å². The highest BCUT2D eigenvalue weighted by Gasteiger charge is 2.30. The van der Waals surface area contributed by atoms with Crippen LogP contribution in [0.3, 0.4) is 0 Å². The number of nitrogens with zero attached hydrogens (tertiary/aromatic N) is 2. The topological polar surface area (TPSA) is 55.1 Å². The van der Waals surface area contributed by atoms with E-state index >= 15 is 0 Å². The third-order valence-corrected chi connectivity index (χ3v) is 5.88. The van der Waals surface area contributed by atoms with Gasteiger partial charge in [0.25, 0.3) is 0 Å². The Morgan fingerprint density at radius 3 is 2.52 bits per heavy atom. The maximum absolute atomic E-state index is 12.8. The molecule has 0 radical (unpaired) electrons. The highest BCUT2D eigenvalue weighted by Crippen LogP contribution is 2.33. The molecule has 2 aromatic heterocycles. The molecular formula is C21H15F3N2O2S. The van der Waals surface area contributed by atoms with Crippen molar-refractivity contribution in [2.75, 3.05) is 0 Å². The number of carboxylic acids is 1. The molecule has 0 aliphatic rings. The van der Waals surface area contributed by atoms with Crippen LogP contribution in [0.25, 0.3) is 21.5 Å². The summed E-state index contributed by atoms with van der Waals surface area (Å²) in [6, 6.07) is 11.8. The summed E-state index contributed by atoms with van der Waals surface area (Å²) in [5.74, 6) is -0.988. The number of hydrogen-bond donors (Lipinski definition) is 1. The number of benzene rings is 2. The Balaban J connectivity index is 1.64. The second kappa shape index (κ2) is 7.04. The zero-order valence-corrected chi connectivity index (χ0v) is 16.0. The molecule has 0 unspecified atom stereocenters. The van der Waals surface area contributed by atoms with Gasteiger partial charge in [0.1, 0.15) is 5.01 Å². The lowest BCUT2D eigenvalue weighted by Gasteiger charge is -2.06. The smallest absolute Gasteiger partial charge is 0.416 e. The summed E-state index contributed by atoms with van der Waals surface area (Å²) >= 11 is 1.41. The quantitative estimate of drug-likeness (QED) is 0.455. The van der Waals surface area contributed by atoms with Crippen molar-refractivity contribution < 1.29 is 23.1 Å². The van der Waals surface area contributed by atoms with Crippen molar-refractivity contribution in [3.63, 3.8) is 0 Å². The van der Waals surface area contributed by atoms with Gasteiger partial charge in [-0.1, -0.05) is 18.2 Å². The van der Waals surface area contributed by atoms with Gasteiger partial charge in [0, 0.05) is 22.2 Å². The second-order valence-corrected chi connectivity index (χ2v) is 7.71. The number of halogens is 3. The van der Waals surface area contributed by atoms with Crippen LogP contribution in [0.2, 0.25) is 0 Å². The molecule has 0 aliphatic carbocycles. The van der Waals surface area contributed by atoms with Crippen molar-refractivity contribution in [1.82, 2.24) is 9.55 Å². The molecule has 0 atom stereocenters. The molecule has 0 saturated carbocycles. The Labute approximate surface area is 167 Å². The Morgan fingerprint density at radius 1 is 1.14 bits per heavy atom. The molecule has 0 fully saturated rings. The van der Waals surface area contributed by atoms with Crippen LogP contribution in [0.1, 0.15) is 26.5 Å². The van der Waals surface area contributed by atoms with E-state index < -0.39 is 17.7 Å². The number of fused-ring (bicyclic) bond motifs is 1. The summed E-state index contributed by atoms with van der Waals surface area (Å²) in [4.78, 5) is 16.7. The molecule has 2 heterocycles. The third-order valence-electron chi connectivity index (χ3n) is 4.69. The first kappa shape index (κ1) is 19.2. The molecule has 0 aliphatic heterocycles. The minimum absolute atomic E-state index is 0.212. The number of hydrogen-bond acceptors (Lipinski definition) is 3. The predicted molar refractivity (Wildman–Crippen MR) is 105 cm³/mol. The molecule has 2 aromatic carbocycles. The summed E-state index contributed by atoms with van der Waals surface area (Å²) in [5.41, 5.74) is 1.74. The van der Waals surface area contributed by atoms with Crippen molar-refractivity contribution in [3.8, 4) is 10.6 Å². The van der Waals surface area contributed by atoms with Gasteiger partial charge in [-0.05, 0) is 42.6 Å². The van der Waals surface area contributed by atoms with Crippen LogP contribution in [0, 0.1) is 6.92 Å². The molecule has 8 heteroatoms. The van der Waals surface area contributed by atoms with Crippen LogP contribution in [0.15, 0.2) is 54.7 Å². The molecule has 4 nitrogen and oxygen atoms in total. The fraction of sp³-hybridized carbons (Fsp3) is 0.143. The van der Waals surface area contributed by atoms with Gasteiger partial charge in [0.05, 0.1) is 23.4 Å². The summed E-state index contributed by atoms with van der Waals surface area (Å²) < 4.78 is 40.2. The number of rotatable bonds is 4. The van der Waals surface area contributed by atoms with Crippen molar-refractivity contribution in [1.29, 1.82) is 0 Å². The van der Waals surface area contributed by atoms with E-state index in [-0.39, 0.29) is 5.56 Å². The van der Waals surface area contributed by atoms with Gasteiger partial charge < -0.3 is 9.67 Å². The van der Waals surface area contributed by atoms with Crippen LogP contribution in [0.5, 0.6) is 0 Å². The number of thiazole rings is 1. The zero-order valence-electron chi connectivity index (χ0n) is 15.2. The van der Waals surface area contributed by atoms with Crippen molar-refractivity contribution in [2.45, 2.75) is 19.6 Å². The van der Waals surface area contributed by atoms with E-state index in [2.05, 4.69) is 4.98 Å². The number of alkyl halides is 3. The molecule has 0 bridgehead atoms. The Bertz CT molecular complexity index is 1210. The molecule has 148 valence electrons. The molecule has 4 rings (SSSR count). The number of aromatic carboxylic acids is 1. The van der Waals surface area contributed by atoms with E-state index in [0.717, 1.165) is 33.6 Å². The lowest BCUT2D eigenvalue weighted by atomic mass is 10.1. The van der Waals surface area contributed by atoms with Gasteiger partial charge in [-0.15, -0.1) is 11.3 Å². The van der Waals surface area contributed by atoms with E-state index in [1.807, 2.05) is 23.8 Å².